The van der Waals surface area contributed by atoms with Crippen LogP contribution in [0.2, 0.25) is 13.1 Å². The molecule has 12 aromatic rings. The summed E-state index contributed by atoms with van der Waals surface area (Å²) in [5, 5.41) is 3.20. The molecule has 9 heteroatoms. The fraction of sp³-hybridized carbons (Fsp3) is 0.269. The summed E-state index contributed by atoms with van der Waals surface area (Å²) in [6.07, 6.45) is 0. The number of aryl methyl sites for hydroxylation is 24. The summed E-state index contributed by atoms with van der Waals surface area (Å²) in [6, 6.07) is 69.9. The summed E-state index contributed by atoms with van der Waals surface area (Å²) < 4.78 is 50.4. The molecule has 15 rings (SSSR count). The number of sulfone groups is 2. The molecule has 0 saturated heterocycles. The van der Waals surface area contributed by atoms with Crippen LogP contribution >= 0.6 is 0 Å². The molecule has 0 amide bonds. The largest absolute Gasteiger partial charge is 0.243 e. The smallest absolute Gasteiger partial charge is 0.218 e. The lowest BCUT2D eigenvalue weighted by molar-refractivity contribution is 0.597. The molecule has 3 aliphatic heterocycles. The van der Waals surface area contributed by atoms with E-state index in [2.05, 4.69) is 283 Å². The summed E-state index contributed by atoms with van der Waals surface area (Å²) in [5.74, 6) is 0. The molecule has 0 saturated carbocycles. The molecule has 12 aromatic carbocycles. The van der Waals surface area contributed by atoms with Crippen LogP contribution in [0.25, 0.3) is 32.6 Å². The van der Waals surface area contributed by atoms with E-state index in [0.717, 1.165) is 66.8 Å². The maximum absolute atomic E-state index is 12.6. The zero-order valence-electron chi connectivity index (χ0n) is 72.6. The van der Waals surface area contributed by atoms with Gasteiger partial charge in [0, 0.05) is 22.3 Å². The quantitative estimate of drug-likeness (QED) is 0.142. The van der Waals surface area contributed by atoms with Crippen molar-refractivity contribution in [3.05, 3.63) is 350 Å². The van der Waals surface area contributed by atoms with Crippen LogP contribution in [0.15, 0.2) is 225 Å². The Morgan fingerprint density at radius 1 is 0.212 bits per heavy atom. The highest BCUT2D eigenvalue weighted by molar-refractivity contribution is 7.92. The third-order valence-corrected chi connectivity index (χ3v) is 31.8. The summed E-state index contributed by atoms with van der Waals surface area (Å²) in [7, 11) is -8.37. The molecule has 0 atom stereocenters. The Kier molecular flexibility index (Phi) is 24.7. The minimum atomic E-state index is -3.34. The van der Waals surface area contributed by atoms with E-state index >= 15 is 0 Å². The predicted octanol–water partition coefficient (Wildman–Crippen LogP) is 22.5. The first kappa shape index (κ1) is 84.3. The van der Waals surface area contributed by atoms with Crippen molar-refractivity contribution in [2.24, 2.45) is 0 Å². The number of benzene rings is 12. The highest BCUT2D eigenvalue weighted by Crippen LogP contribution is 2.50. The molecule has 0 fully saturated rings. The number of fused-ring (bicyclic) bond motifs is 6. The molecule has 0 aliphatic carbocycles. The van der Waals surface area contributed by atoms with Crippen LogP contribution in [-0.2, 0) is 19.7 Å². The van der Waals surface area contributed by atoms with Gasteiger partial charge in [-0.25, -0.2) is 16.8 Å². The van der Waals surface area contributed by atoms with Crippen molar-refractivity contribution in [1.82, 2.24) is 0 Å². The molecule has 3 aliphatic rings. The molecule has 0 bridgehead atoms. The minimum absolute atomic E-state index is 0.266. The van der Waals surface area contributed by atoms with E-state index in [1.54, 1.807) is 34.7 Å². The number of hydrogen-bond acceptors (Lipinski definition) is 4. The number of hydrogen-bond donors (Lipinski definition) is 0. The Hall–Kier alpha value is -9.63. The lowest BCUT2D eigenvalue weighted by Gasteiger charge is -2.27. The van der Waals surface area contributed by atoms with Gasteiger partial charge in [-0.15, -0.1) is 0 Å². The first-order valence-electron chi connectivity index (χ1n) is 40.0. The molecule has 0 N–H and O–H groups in total. The van der Waals surface area contributed by atoms with Crippen LogP contribution in [0, 0.1) is 166 Å². The zero-order chi connectivity index (χ0) is 82.7. The lowest BCUT2D eigenvalue weighted by Crippen LogP contribution is -2.57. The second-order valence-corrected chi connectivity index (χ2v) is 42.1. The van der Waals surface area contributed by atoms with E-state index in [4.69, 9.17) is 0 Å². The van der Waals surface area contributed by atoms with Gasteiger partial charge < -0.3 is 0 Å². The van der Waals surface area contributed by atoms with Gasteiger partial charge in [-0.05, 0) is 306 Å². The molecule has 3 heterocycles. The van der Waals surface area contributed by atoms with E-state index in [1.165, 1.54) is 144 Å². The first-order chi connectivity index (χ1) is 53.0. The van der Waals surface area contributed by atoms with Crippen molar-refractivity contribution in [3.8, 4) is 22.3 Å². The Morgan fingerprint density at radius 3 is 0.611 bits per heavy atom. The van der Waals surface area contributed by atoms with Gasteiger partial charge in [0.2, 0.25) is 33.1 Å². The molecule has 0 aromatic heterocycles. The zero-order valence-corrected chi connectivity index (χ0v) is 75.2. The highest BCUT2D eigenvalue weighted by atomic mass is 32.2. The Bertz CT molecular complexity index is 5460. The van der Waals surface area contributed by atoms with Crippen molar-refractivity contribution in [1.29, 1.82) is 0 Å². The van der Waals surface area contributed by atoms with Crippen LogP contribution in [0.3, 0.4) is 0 Å². The van der Waals surface area contributed by atoms with E-state index < -0.39 is 27.7 Å². The van der Waals surface area contributed by atoms with Gasteiger partial charge in [-0.3, -0.25) is 0 Å². The third kappa shape index (κ3) is 17.0. The summed E-state index contributed by atoms with van der Waals surface area (Å²) in [6.45, 7) is 61.5. The van der Waals surface area contributed by atoms with Crippen molar-refractivity contribution in [3.63, 3.8) is 0 Å². The average Bonchev–Trinajstić information content (AvgIpc) is 1.62. The SMILES string of the molecule is CC1=C(c2ccc(C)cc2)[Si](C)(C)C(c2ccc(C)cc2)=C1C.Cc1cc(C)c(B(c2c(C)cc(C)cc2C)c2c(C)cc(C)cc2C)c(C)c1.Cc1cc2c(cc1C)S(=O)(=O)c1cc(C)c(C)cc1-2.Cc1cc2c(cc1C)S(=O)(=O)c1cc(C)c(C)cc1-2.Cc1ccc(B(c2ccc(C)cc2)c2c(C)cc(C)cc2C)cc1. The minimum Gasteiger partial charge on any atom is -0.218 e. The predicted molar refractivity (Wildman–Crippen MR) is 492 cm³/mol. The highest BCUT2D eigenvalue weighted by Gasteiger charge is 2.41. The van der Waals surface area contributed by atoms with Gasteiger partial charge in [-0.1, -0.05) is 280 Å². The Balaban J connectivity index is 0.000000140. The standard InChI is InChI=1S/C27H33B.C23H25B.C22H26Si.2C16H16O2S/c1-16-10-19(4)25(20(5)11-16)28(26-21(6)12-17(2)13-22(26)7)27-23(8)14-18(3)15-24(27)9;1-16-6-10-21(11-7-16)24(22-12-8-17(2)9-13-22)23-19(4)14-18(3)15-20(23)5;1-15-7-11-19(12-8-15)21-17(3)18(4)22(23(21,5)6)20-13-9-16(2)10-14-20;2*1-9-5-13-14-6-10(2)12(4)8-16(14)19(17,18)15(13)7-11(9)3/h10-15H,1-9H3;6-15H,1-5H3;7-14H,1-6H3;2*5-8H,1-4H3. The summed E-state index contributed by atoms with van der Waals surface area (Å²) >= 11 is 0. The molecule has 4 nitrogen and oxygen atoms in total. The Morgan fingerprint density at radius 2 is 0.398 bits per heavy atom. The van der Waals surface area contributed by atoms with E-state index in [-0.39, 0.29) is 13.4 Å². The summed E-state index contributed by atoms with van der Waals surface area (Å²) in [5.41, 5.74) is 48.0. The molecule has 113 heavy (non-hydrogen) atoms. The van der Waals surface area contributed by atoms with Gasteiger partial charge in [0.05, 0.1) is 19.6 Å². The van der Waals surface area contributed by atoms with Crippen LogP contribution in [0.1, 0.15) is 158 Å². The summed E-state index contributed by atoms with van der Waals surface area (Å²) in [4.78, 5) is 1.82. The van der Waals surface area contributed by atoms with E-state index in [0.29, 0.717) is 19.6 Å². The molecule has 0 unspecified atom stereocenters. The molecule has 0 radical (unpaired) electrons. The normalized spacial score (nSPS) is 13.6. The van der Waals surface area contributed by atoms with Crippen LogP contribution in [0.5, 0.6) is 0 Å². The van der Waals surface area contributed by atoms with Gasteiger partial charge in [-0.2, -0.15) is 0 Å². The van der Waals surface area contributed by atoms with Crippen molar-refractivity contribution in [2.45, 2.75) is 213 Å². The van der Waals surface area contributed by atoms with Crippen LogP contribution < -0.4 is 32.8 Å². The maximum atomic E-state index is 12.6. The average molecular weight is 1540 g/mol. The molecular formula is C104H116B2O4S2Si. The third-order valence-electron chi connectivity index (χ3n) is 24.3. The van der Waals surface area contributed by atoms with E-state index in [1.807, 2.05) is 79.7 Å². The van der Waals surface area contributed by atoms with Gasteiger partial charge >= 0.3 is 0 Å². The Labute approximate surface area is 681 Å². The molecule has 0 spiro atoms. The monoisotopic (exact) mass is 1540 g/mol. The fourth-order valence-electron chi connectivity index (χ4n) is 18.2. The fourth-order valence-corrected chi connectivity index (χ4v) is 26.1. The van der Waals surface area contributed by atoms with Gasteiger partial charge in [0.15, 0.2) is 0 Å². The molecule has 578 valence electrons. The van der Waals surface area contributed by atoms with Gasteiger partial charge in [0.1, 0.15) is 8.07 Å². The van der Waals surface area contributed by atoms with Crippen molar-refractivity contribution in [2.75, 3.05) is 0 Å². The number of allylic oxidation sites excluding steroid dienone is 2. The topological polar surface area (TPSA) is 68.3 Å². The van der Waals surface area contributed by atoms with Gasteiger partial charge in [0.25, 0.3) is 0 Å². The van der Waals surface area contributed by atoms with Crippen LogP contribution in [-0.4, -0.2) is 38.3 Å². The first-order valence-corrected chi connectivity index (χ1v) is 46.0. The second kappa shape index (κ2) is 33.1. The molecular weight excluding hydrogens is 1430 g/mol. The van der Waals surface area contributed by atoms with E-state index in [9.17, 15) is 16.8 Å². The van der Waals surface area contributed by atoms with Crippen molar-refractivity contribution >= 4 is 84.3 Å². The van der Waals surface area contributed by atoms with Crippen molar-refractivity contribution < 1.29 is 16.8 Å². The maximum Gasteiger partial charge on any atom is 0.243 e. The second-order valence-electron chi connectivity index (χ2n) is 34.0. The van der Waals surface area contributed by atoms with Crippen LogP contribution in [0.4, 0.5) is 0 Å². The number of rotatable bonds is 8. The lowest BCUT2D eigenvalue weighted by atomic mass is 9.33.